The first-order chi connectivity index (χ1) is 8.27. The largest absolute Gasteiger partial charge is 0.314 e. The molecule has 0 radical (unpaired) electrons. The molecule has 1 heterocycles. The fourth-order valence-corrected chi connectivity index (χ4v) is 2.30. The molecule has 1 aliphatic rings. The molecule has 1 aromatic carbocycles. The number of hydrogen-bond donors (Lipinski definition) is 1. The number of nitrogens with one attached hydrogen (secondary N) is 1. The average molecular weight is 232 g/mol. The third kappa shape index (κ3) is 3.38. The van der Waals surface area contributed by atoms with E-state index in [2.05, 4.69) is 16.3 Å². The lowest BCUT2D eigenvalue weighted by molar-refractivity contribution is 0.101. The molecule has 0 saturated carbocycles. The summed E-state index contributed by atoms with van der Waals surface area (Å²) in [5, 5.41) is 3.35. The van der Waals surface area contributed by atoms with Gasteiger partial charge in [-0.3, -0.25) is 4.79 Å². The van der Waals surface area contributed by atoms with Gasteiger partial charge in [-0.05, 0) is 18.9 Å². The zero-order valence-corrected chi connectivity index (χ0v) is 10.4. The molecular weight excluding hydrogens is 212 g/mol. The van der Waals surface area contributed by atoms with Crippen LogP contribution >= 0.6 is 0 Å². The van der Waals surface area contributed by atoms with Crippen LogP contribution in [-0.4, -0.2) is 43.4 Å². The highest BCUT2D eigenvalue weighted by Gasteiger charge is 2.11. The third-order valence-corrected chi connectivity index (χ3v) is 3.30. The molecule has 0 bridgehead atoms. The minimum Gasteiger partial charge on any atom is -0.314 e. The Morgan fingerprint density at radius 1 is 1.29 bits per heavy atom. The normalized spacial score (nSPS) is 17.0. The second-order valence-electron chi connectivity index (χ2n) is 4.55. The first-order valence-corrected chi connectivity index (χ1v) is 6.29. The number of rotatable bonds is 4. The number of carbonyl (C=O) groups is 1. The fourth-order valence-electron chi connectivity index (χ4n) is 2.30. The Morgan fingerprint density at radius 2 is 2.00 bits per heavy atom. The number of Topliss-reactive ketones (excluding diaryl/α,β-unsaturated/α-hetero) is 1. The molecule has 0 aromatic heterocycles. The Hall–Kier alpha value is -1.19. The predicted molar refractivity (Wildman–Crippen MR) is 69.5 cm³/mol. The van der Waals surface area contributed by atoms with Crippen LogP contribution in [0.1, 0.15) is 22.8 Å². The average Bonchev–Trinajstić information content (AvgIpc) is 2.38. The van der Waals surface area contributed by atoms with Crippen LogP contribution in [0.4, 0.5) is 0 Å². The lowest BCUT2D eigenvalue weighted by Gasteiger charge is -2.27. The zero-order chi connectivity index (χ0) is 12.1. The molecule has 1 aromatic rings. The van der Waals surface area contributed by atoms with Crippen molar-refractivity contribution in [3.8, 4) is 0 Å². The Kier molecular flexibility index (Phi) is 4.29. The SMILES string of the molecule is CC(=O)c1ccccc1CCN1CCNCC1. The minimum absolute atomic E-state index is 0.168. The van der Waals surface area contributed by atoms with Crippen molar-refractivity contribution >= 4 is 5.78 Å². The molecule has 92 valence electrons. The number of carbonyl (C=O) groups excluding carboxylic acids is 1. The molecule has 2 rings (SSSR count). The molecule has 17 heavy (non-hydrogen) atoms. The molecule has 0 unspecified atom stereocenters. The summed E-state index contributed by atoms with van der Waals surface area (Å²) < 4.78 is 0. The van der Waals surface area contributed by atoms with E-state index < -0.39 is 0 Å². The number of benzene rings is 1. The molecule has 3 nitrogen and oxygen atoms in total. The number of piperazine rings is 1. The summed E-state index contributed by atoms with van der Waals surface area (Å²) >= 11 is 0. The van der Waals surface area contributed by atoms with Gasteiger partial charge >= 0.3 is 0 Å². The Labute approximate surface area is 103 Å². The van der Waals surface area contributed by atoms with Crippen LogP contribution in [0.15, 0.2) is 24.3 Å². The quantitative estimate of drug-likeness (QED) is 0.795. The van der Waals surface area contributed by atoms with Gasteiger partial charge in [0.25, 0.3) is 0 Å². The summed E-state index contributed by atoms with van der Waals surface area (Å²) in [5.74, 6) is 0.168. The van der Waals surface area contributed by atoms with Crippen molar-refractivity contribution in [2.45, 2.75) is 13.3 Å². The van der Waals surface area contributed by atoms with Crippen molar-refractivity contribution in [1.29, 1.82) is 0 Å². The minimum atomic E-state index is 0.168. The van der Waals surface area contributed by atoms with Crippen molar-refractivity contribution in [3.05, 3.63) is 35.4 Å². The highest BCUT2D eigenvalue weighted by Crippen LogP contribution is 2.11. The Morgan fingerprint density at radius 3 is 2.71 bits per heavy atom. The van der Waals surface area contributed by atoms with Crippen molar-refractivity contribution in [2.75, 3.05) is 32.7 Å². The van der Waals surface area contributed by atoms with E-state index in [1.165, 1.54) is 5.56 Å². The van der Waals surface area contributed by atoms with E-state index in [9.17, 15) is 4.79 Å². The van der Waals surface area contributed by atoms with E-state index in [4.69, 9.17) is 0 Å². The number of nitrogens with zero attached hydrogens (tertiary/aromatic N) is 1. The predicted octanol–water partition coefficient (Wildman–Crippen LogP) is 1.34. The van der Waals surface area contributed by atoms with Gasteiger partial charge in [-0.2, -0.15) is 0 Å². The first kappa shape index (κ1) is 12.3. The van der Waals surface area contributed by atoms with Gasteiger partial charge in [0, 0.05) is 38.3 Å². The van der Waals surface area contributed by atoms with Gasteiger partial charge in [-0.25, -0.2) is 0 Å². The molecule has 0 aliphatic carbocycles. The van der Waals surface area contributed by atoms with Crippen LogP contribution in [0.3, 0.4) is 0 Å². The first-order valence-electron chi connectivity index (χ1n) is 6.29. The van der Waals surface area contributed by atoms with Gasteiger partial charge in [-0.1, -0.05) is 24.3 Å². The molecule has 3 heteroatoms. The van der Waals surface area contributed by atoms with E-state index in [1.807, 2.05) is 18.2 Å². The molecule has 0 amide bonds. The van der Waals surface area contributed by atoms with Crippen molar-refractivity contribution < 1.29 is 4.79 Å². The zero-order valence-electron chi connectivity index (χ0n) is 10.4. The van der Waals surface area contributed by atoms with Crippen LogP contribution in [0.2, 0.25) is 0 Å². The molecule has 1 aliphatic heterocycles. The van der Waals surface area contributed by atoms with Gasteiger partial charge in [0.05, 0.1) is 0 Å². The van der Waals surface area contributed by atoms with Gasteiger partial charge in [0.2, 0.25) is 0 Å². The Bertz CT molecular complexity index is 384. The van der Waals surface area contributed by atoms with E-state index >= 15 is 0 Å². The molecule has 1 N–H and O–H groups in total. The fraction of sp³-hybridized carbons (Fsp3) is 0.500. The van der Waals surface area contributed by atoms with Gasteiger partial charge in [0.15, 0.2) is 5.78 Å². The van der Waals surface area contributed by atoms with E-state index in [0.717, 1.165) is 44.7 Å². The summed E-state index contributed by atoms with van der Waals surface area (Å²) in [4.78, 5) is 13.9. The van der Waals surface area contributed by atoms with E-state index in [1.54, 1.807) is 6.92 Å². The number of hydrogen-bond acceptors (Lipinski definition) is 3. The lowest BCUT2D eigenvalue weighted by Crippen LogP contribution is -2.44. The van der Waals surface area contributed by atoms with E-state index in [0.29, 0.717) is 0 Å². The molecule has 0 spiro atoms. The second kappa shape index (κ2) is 5.94. The summed E-state index contributed by atoms with van der Waals surface area (Å²) in [6, 6.07) is 7.94. The maximum atomic E-state index is 11.5. The van der Waals surface area contributed by atoms with Crippen LogP contribution in [0, 0.1) is 0 Å². The van der Waals surface area contributed by atoms with Crippen LogP contribution in [0.25, 0.3) is 0 Å². The van der Waals surface area contributed by atoms with Gasteiger partial charge < -0.3 is 10.2 Å². The summed E-state index contributed by atoms with van der Waals surface area (Å²) in [5.41, 5.74) is 2.06. The molecule has 1 fully saturated rings. The van der Waals surface area contributed by atoms with Crippen LogP contribution in [-0.2, 0) is 6.42 Å². The second-order valence-corrected chi connectivity index (χ2v) is 4.55. The third-order valence-electron chi connectivity index (χ3n) is 3.30. The smallest absolute Gasteiger partial charge is 0.160 e. The maximum absolute atomic E-state index is 11.5. The van der Waals surface area contributed by atoms with E-state index in [-0.39, 0.29) is 5.78 Å². The topological polar surface area (TPSA) is 32.3 Å². The molecule has 1 saturated heterocycles. The molecular formula is C14H20N2O. The van der Waals surface area contributed by atoms with Gasteiger partial charge in [0.1, 0.15) is 0 Å². The monoisotopic (exact) mass is 232 g/mol. The highest BCUT2D eigenvalue weighted by molar-refractivity contribution is 5.95. The summed E-state index contributed by atoms with van der Waals surface area (Å²) in [7, 11) is 0. The number of ketones is 1. The lowest BCUT2D eigenvalue weighted by atomic mass is 10.0. The van der Waals surface area contributed by atoms with Crippen LogP contribution in [0.5, 0.6) is 0 Å². The summed E-state index contributed by atoms with van der Waals surface area (Å²) in [6.07, 6.45) is 0.968. The van der Waals surface area contributed by atoms with Gasteiger partial charge in [-0.15, -0.1) is 0 Å². The Balaban J connectivity index is 1.96. The van der Waals surface area contributed by atoms with Crippen molar-refractivity contribution in [3.63, 3.8) is 0 Å². The standard InChI is InChI=1S/C14H20N2O/c1-12(17)14-5-3-2-4-13(14)6-9-16-10-7-15-8-11-16/h2-5,15H,6-11H2,1H3. The van der Waals surface area contributed by atoms with Crippen molar-refractivity contribution in [1.82, 2.24) is 10.2 Å². The maximum Gasteiger partial charge on any atom is 0.160 e. The van der Waals surface area contributed by atoms with Crippen molar-refractivity contribution in [2.24, 2.45) is 0 Å². The van der Waals surface area contributed by atoms with Crippen LogP contribution < -0.4 is 5.32 Å². The molecule has 0 atom stereocenters. The highest BCUT2D eigenvalue weighted by atomic mass is 16.1. The summed E-state index contributed by atoms with van der Waals surface area (Å²) in [6.45, 7) is 7.07.